The minimum absolute atomic E-state index is 0.412. The molecule has 1 aromatic rings. The van der Waals surface area contributed by atoms with Gasteiger partial charge in [-0.05, 0) is 62.7 Å². The highest BCUT2D eigenvalue weighted by molar-refractivity contribution is 5.05. The van der Waals surface area contributed by atoms with Gasteiger partial charge < -0.3 is 9.30 Å². The number of aromatic nitrogens is 2. The van der Waals surface area contributed by atoms with Gasteiger partial charge in [-0.1, -0.05) is 0 Å². The topological polar surface area (TPSA) is 45.5 Å². The van der Waals surface area contributed by atoms with Gasteiger partial charge >= 0.3 is 0 Å². The zero-order chi connectivity index (χ0) is 16.5. The lowest BCUT2D eigenvalue weighted by Gasteiger charge is -2.57. The predicted octanol–water partition coefficient (Wildman–Crippen LogP) is 3.90. The third kappa shape index (κ3) is 2.28. The van der Waals surface area contributed by atoms with Crippen LogP contribution in [0.4, 0.5) is 0 Å². The molecule has 25 heavy (non-hydrogen) atoms. The second kappa shape index (κ2) is 5.30. The monoisotopic (exact) mass is 344 g/mol. The average Bonchev–Trinajstić information content (AvgIpc) is 3.24. The Morgan fingerprint density at radius 3 is 2.32 bits per heavy atom. The van der Waals surface area contributed by atoms with Gasteiger partial charge in [0.2, 0.25) is 11.6 Å². The Hall–Kier alpha value is -0.910. The lowest BCUT2D eigenvalue weighted by molar-refractivity contribution is -0.390. The fraction of sp³-hybridized carbons (Fsp3) is 0.850. The number of imidazole rings is 1. The quantitative estimate of drug-likeness (QED) is 0.763. The van der Waals surface area contributed by atoms with Crippen LogP contribution in [0.15, 0.2) is 18.7 Å². The van der Waals surface area contributed by atoms with Crippen molar-refractivity contribution in [3.8, 4) is 0 Å². The van der Waals surface area contributed by atoms with Gasteiger partial charge in [-0.15, -0.1) is 0 Å². The van der Waals surface area contributed by atoms with Crippen LogP contribution in [0.3, 0.4) is 0 Å². The molecular formula is C20H28N2O3. The van der Waals surface area contributed by atoms with E-state index in [-0.39, 0.29) is 0 Å². The highest BCUT2D eigenvalue weighted by Crippen LogP contribution is 2.63. The number of rotatable bonds is 2. The molecule has 0 aromatic carbocycles. The summed E-state index contributed by atoms with van der Waals surface area (Å²) in [5, 5.41) is 0. The van der Waals surface area contributed by atoms with E-state index in [1.165, 1.54) is 32.1 Å². The Kier molecular flexibility index (Phi) is 3.22. The van der Waals surface area contributed by atoms with E-state index < -0.39 is 11.6 Å². The summed E-state index contributed by atoms with van der Waals surface area (Å²) in [4.78, 5) is 16.3. The van der Waals surface area contributed by atoms with Crippen molar-refractivity contribution in [2.24, 2.45) is 29.6 Å². The maximum absolute atomic E-state index is 6.77. The van der Waals surface area contributed by atoms with Crippen LogP contribution in [0, 0.1) is 29.6 Å². The van der Waals surface area contributed by atoms with Crippen molar-refractivity contribution < 1.29 is 14.5 Å². The normalized spacial score (nSPS) is 51.0. The molecule has 1 aliphatic heterocycles. The van der Waals surface area contributed by atoms with E-state index in [4.69, 9.17) is 14.5 Å². The van der Waals surface area contributed by atoms with Gasteiger partial charge in [0.25, 0.3) is 0 Å². The fourth-order valence-corrected chi connectivity index (χ4v) is 6.79. The molecule has 2 heterocycles. The van der Waals surface area contributed by atoms with E-state index in [0.29, 0.717) is 17.8 Å². The highest BCUT2D eigenvalue weighted by atomic mass is 17.3. The summed E-state index contributed by atoms with van der Waals surface area (Å²) < 4.78 is 8.96. The lowest BCUT2D eigenvalue weighted by Crippen LogP contribution is -2.59. The Balaban J connectivity index is 1.15. The molecule has 7 rings (SSSR count). The zero-order valence-electron chi connectivity index (χ0n) is 14.8. The molecule has 0 amide bonds. The van der Waals surface area contributed by atoms with Crippen LogP contribution in [-0.2, 0) is 21.1 Å². The molecule has 6 fully saturated rings. The molecule has 136 valence electrons. The van der Waals surface area contributed by atoms with Crippen LogP contribution < -0.4 is 0 Å². The van der Waals surface area contributed by atoms with Crippen LogP contribution in [0.2, 0.25) is 0 Å². The minimum Gasteiger partial charge on any atom is -0.337 e. The Morgan fingerprint density at radius 2 is 1.68 bits per heavy atom. The van der Waals surface area contributed by atoms with Crippen molar-refractivity contribution in [3.05, 3.63) is 18.7 Å². The largest absolute Gasteiger partial charge is 0.337 e. The van der Waals surface area contributed by atoms with E-state index >= 15 is 0 Å². The summed E-state index contributed by atoms with van der Waals surface area (Å²) in [6.45, 7) is 1.05. The number of hydrogen-bond donors (Lipinski definition) is 0. The summed E-state index contributed by atoms with van der Waals surface area (Å²) >= 11 is 0. The van der Waals surface area contributed by atoms with Gasteiger partial charge in [0, 0.05) is 43.6 Å². The molecule has 5 nitrogen and oxygen atoms in total. The van der Waals surface area contributed by atoms with Crippen molar-refractivity contribution in [2.75, 3.05) is 0 Å². The van der Waals surface area contributed by atoms with Gasteiger partial charge in [-0.2, -0.15) is 9.78 Å². The maximum atomic E-state index is 6.77. The molecule has 0 N–H and O–H groups in total. The summed E-state index contributed by atoms with van der Waals surface area (Å²) in [6.07, 6.45) is 16.6. The second-order valence-electron chi connectivity index (χ2n) is 9.41. The molecule has 0 radical (unpaired) electrons. The lowest BCUT2D eigenvalue weighted by atomic mass is 9.53. The van der Waals surface area contributed by atoms with Gasteiger partial charge in [0.05, 0.1) is 6.33 Å². The third-order valence-corrected chi connectivity index (χ3v) is 7.84. The first-order chi connectivity index (χ1) is 12.2. The SMILES string of the molecule is c1cn(CC2CCC3(CC2)OOC2(O3)C3CC4CC(C3)CC2C4)cn1. The van der Waals surface area contributed by atoms with Crippen molar-refractivity contribution in [3.63, 3.8) is 0 Å². The van der Waals surface area contributed by atoms with Gasteiger partial charge in [-0.25, -0.2) is 4.98 Å². The maximum Gasteiger partial charge on any atom is 0.210 e. The molecule has 5 saturated carbocycles. The van der Waals surface area contributed by atoms with Gasteiger partial charge in [-0.3, -0.25) is 0 Å². The zero-order valence-corrected chi connectivity index (χ0v) is 14.8. The molecule has 6 aliphatic rings. The molecule has 5 aliphatic carbocycles. The van der Waals surface area contributed by atoms with Crippen molar-refractivity contribution >= 4 is 0 Å². The van der Waals surface area contributed by atoms with Crippen LogP contribution in [0.5, 0.6) is 0 Å². The van der Waals surface area contributed by atoms with E-state index in [1.54, 1.807) is 0 Å². The van der Waals surface area contributed by atoms with Crippen molar-refractivity contribution in [1.29, 1.82) is 0 Å². The van der Waals surface area contributed by atoms with E-state index in [0.717, 1.165) is 44.1 Å². The van der Waals surface area contributed by atoms with E-state index in [1.807, 2.05) is 12.5 Å². The summed E-state index contributed by atoms with van der Waals surface area (Å²) in [7, 11) is 0. The summed E-state index contributed by atoms with van der Waals surface area (Å²) in [5.41, 5.74) is 0. The van der Waals surface area contributed by atoms with Crippen LogP contribution in [0.25, 0.3) is 0 Å². The number of ether oxygens (including phenoxy) is 1. The number of nitrogens with zero attached hydrogens (tertiary/aromatic N) is 2. The minimum atomic E-state index is -0.471. The smallest absolute Gasteiger partial charge is 0.210 e. The van der Waals surface area contributed by atoms with Crippen LogP contribution in [0.1, 0.15) is 57.8 Å². The first kappa shape index (κ1) is 15.2. The van der Waals surface area contributed by atoms with Crippen molar-refractivity contribution in [2.45, 2.75) is 75.9 Å². The Morgan fingerprint density at radius 1 is 0.960 bits per heavy atom. The van der Waals surface area contributed by atoms with Gasteiger partial charge in [0.15, 0.2) is 0 Å². The first-order valence-corrected chi connectivity index (χ1v) is 10.3. The fourth-order valence-electron chi connectivity index (χ4n) is 6.79. The summed E-state index contributed by atoms with van der Waals surface area (Å²) in [6, 6.07) is 0. The van der Waals surface area contributed by atoms with Crippen LogP contribution in [-0.4, -0.2) is 21.1 Å². The highest BCUT2D eigenvalue weighted by Gasteiger charge is 2.66. The first-order valence-electron chi connectivity index (χ1n) is 10.3. The average molecular weight is 344 g/mol. The summed E-state index contributed by atoms with van der Waals surface area (Å²) in [5.74, 6) is 2.76. The van der Waals surface area contributed by atoms with Crippen molar-refractivity contribution in [1.82, 2.24) is 9.55 Å². The van der Waals surface area contributed by atoms with Gasteiger partial charge in [0.1, 0.15) is 0 Å². The molecule has 2 spiro atoms. The molecule has 4 bridgehead atoms. The molecule has 1 saturated heterocycles. The predicted molar refractivity (Wildman–Crippen MR) is 89.9 cm³/mol. The molecular weight excluding hydrogens is 316 g/mol. The van der Waals surface area contributed by atoms with Crippen LogP contribution >= 0.6 is 0 Å². The Labute approximate surface area is 149 Å². The third-order valence-electron chi connectivity index (χ3n) is 7.84. The molecule has 0 atom stereocenters. The molecule has 5 heteroatoms. The Bertz CT molecular complexity index is 607. The standard InChI is InChI=1S/C20H28N2O3/c1-3-19(4-2-14(1)12-22-6-5-21-13-22)23-20(25-24-19)17-8-15-7-16(10-17)11-18(20)9-15/h5-6,13-18H,1-4,7-12H2. The van der Waals surface area contributed by atoms with E-state index in [9.17, 15) is 0 Å². The van der Waals surface area contributed by atoms with E-state index in [2.05, 4.69) is 15.7 Å². The molecule has 0 unspecified atom stereocenters. The number of hydrogen-bond acceptors (Lipinski definition) is 4. The second-order valence-corrected chi connectivity index (χ2v) is 9.41. The molecule has 1 aromatic heterocycles.